The first-order valence-electron chi connectivity index (χ1n) is 8.18. The Hall–Kier alpha value is -1.26. The molecule has 0 aromatic rings. The Balaban J connectivity index is 2.75. The second-order valence-electron chi connectivity index (χ2n) is 6.25. The number of aliphatic carboxylic acids is 1. The fourth-order valence-corrected chi connectivity index (χ4v) is 3.27. The SMILES string of the molecule is CCC1CCC(NC(=O)N(C)C(CC)CC)(C(=O)O)CC1. The molecule has 1 saturated carbocycles. The normalized spacial score (nSPS) is 25.7. The summed E-state index contributed by atoms with van der Waals surface area (Å²) in [5.74, 6) is -0.311. The van der Waals surface area contributed by atoms with E-state index in [1.54, 1.807) is 11.9 Å². The van der Waals surface area contributed by atoms with Crippen LogP contribution >= 0.6 is 0 Å². The van der Waals surface area contributed by atoms with Gasteiger partial charge >= 0.3 is 12.0 Å². The highest BCUT2D eigenvalue weighted by molar-refractivity contribution is 5.86. The van der Waals surface area contributed by atoms with Crippen molar-refractivity contribution in [2.45, 2.75) is 77.3 Å². The quantitative estimate of drug-likeness (QED) is 0.791. The molecule has 21 heavy (non-hydrogen) atoms. The molecule has 5 nitrogen and oxygen atoms in total. The monoisotopic (exact) mass is 298 g/mol. The molecule has 0 radical (unpaired) electrons. The third-order valence-corrected chi connectivity index (χ3v) is 5.10. The summed E-state index contributed by atoms with van der Waals surface area (Å²) in [5.41, 5.74) is -1.08. The zero-order chi connectivity index (χ0) is 16.0. The topological polar surface area (TPSA) is 69.6 Å². The van der Waals surface area contributed by atoms with Crippen LogP contribution in [0.3, 0.4) is 0 Å². The second-order valence-corrected chi connectivity index (χ2v) is 6.25. The summed E-state index contributed by atoms with van der Waals surface area (Å²) in [6.45, 7) is 6.21. The van der Waals surface area contributed by atoms with Crippen LogP contribution in [0.25, 0.3) is 0 Å². The van der Waals surface area contributed by atoms with E-state index >= 15 is 0 Å². The summed E-state index contributed by atoms with van der Waals surface area (Å²) in [6.07, 6.45) is 5.64. The summed E-state index contributed by atoms with van der Waals surface area (Å²) in [4.78, 5) is 25.7. The molecule has 0 unspecified atom stereocenters. The number of carboxylic acid groups (broad SMARTS) is 1. The van der Waals surface area contributed by atoms with Crippen LogP contribution in [0, 0.1) is 5.92 Å². The maximum Gasteiger partial charge on any atom is 0.329 e. The molecule has 1 aliphatic rings. The van der Waals surface area contributed by atoms with Crippen LogP contribution in [0.15, 0.2) is 0 Å². The zero-order valence-corrected chi connectivity index (χ0v) is 13.8. The minimum absolute atomic E-state index is 0.155. The lowest BCUT2D eigenvalue weighted by molar-refractivity contribution is -0.146. The largest absolute Gasteiger partial charge is 0.480 e. The Morgan fingerprint density at radius 3 is 2.14 bits per heavy atom. The lowest BCUT2D eigenvalue weighted by Gasteiger charge is -2.39. The van der Waals surface area contributed by atoms with Gasteiger partial charge in [0.1, 0.15) is 5.54 Å². The molecule has 0 aliphatic heterocycles. The number of rotatable bonds is 6. The van der Waals surface area contributed by atoms with Gasteiger partial charge in [0.25, 0.3) is 0 Å². The van der Waals surface area contributed by atoms with E-state index < -0.39 is 11.5 Å². The Labute approximate surface area is 128 Å². The van der Waals surface area contributed by atoms with Crippen LogP contribution in [0.5, 0.6) is 0 Å². The smallest absolute Gasteiger partial charge is 0.329 e. The van der Waals surface area contributed by atoms with Crippen molar-refractivity contribution < 1.29 is 14.7 Å². The molecule has 1 rings (SSSR count). The van der Waals surface area contributed by atoms with Crippen molar-refractivity contribution in [1.29, 1.82) is 0 Å². The summed E-state index contributed by atoms with van der Waals surface area (Å²) in [6, 6.07) is -0.108. The van der Waals surface area contributed by atoms with E-state index in [0.29, 0.717) is 18.8 Å². The van der Waals surface area contributed by atoms with E-state index in [4.69, 9.17) is 0 Å². The molecule has 0 heterocycles. The van der Waals surface area contributed by atoms with Crippen molar-refractivity contribution in [2.24, 2.45) is 5.92 Å². The lowest BCUT2D eigenvalue weighted by atomic mass is 9.75. The minimum atomic E-state index is -1.08. The van der Waals surface area contributed by atoms with Gasteiger partial charge in [0, 0.05) is 13.1 Å². The number of hydrogen-bond acceptors (Lipinski definition) is 2. The van der Waals surface area contributed by atoms with Gasteiger partial charge in [-0.05, 0) is 44.4 Å². The van der Waals surface area contributed by atoms with Crippen molar-refractivity contribution in [2.75, 3.05) is 7.05 Å². The van der Waals surface area contributed by atoms with E-state index in [-0.39, 0.29) is 12.1 Å². The molecule has 0 aromatic heterocycles. The summed E-state index contributed by atoms with van der Waals surface area (Å²) in [7, 11) is 1.75. The van der Waals surface area contributed by atoms with Gasteiger partial charge in [0.05, 0.1) is 0 Å². The maximum absolute atomic E-state index is 12.4. The Morgan fingerprint density at radius 2 is 1.76 bits per heavy atom. The first kappa shape index (κ1) is 17.8. The number of amides is 2. The first-order valence-corrected chi connectivity index (χ1v) is 8.18. The standard InChI is InChI=1S/C16H30N2O3/c1-5-12-8-10-16(11-9-12,14(19)20)17-15(21)18(4)13(6-2)7-3/h12-13H,5-11H2,1-4H3,(H,17,21)(H,19,20). The van der Waals surface area contributed by atoms with E-state index in [1.807, 2.05) is 13.8 Å². The summed E-state index contributed by atoms with van der Waals surface area (Å²) < 4.78 is 0. The molecule has 0 saturated heterocycles. The molecule has 122 valence electrons. The molecule has 1 fully saturated rings. The van der Waals surface area contributed by atoms with Crippen LogP contribution in [-0.4, -0.2) is 40.6 Å². The van der Waals surface area contributed by atoms with E-state index in [2.05, 4.69) is 12.2 Å². The molecule has 0 atom stereocenters. The van der Waals surface area contributed by atoms with Gasteiger partial charge in [-0.1, -0.05) is 27.2 Å². The lowest BCUT2D eigenvalue weighted by Crippen LogP contribution is -2.59. The van der Waals surface area contributed by atoms with Gasteiger partial charge in [-0.25, -0.2) is 9.59 Å². The second kappa shape index (κ2) is 7.66. The van der Waals surface area contributed by atoms with Crippen molar-refractivity contribution in [3.8, 4) is 0 Å². The zero-order valence-electron chi connectivity index (χ0n) is 13.8. The Morgan fingerprint density at radius 1 is 1.24 bits per heavy atom. The molecule has 0 aromatic carbocycles. The number of carbonyl (C=O) groups is 2. The molecule has 2 N–H and O–H groups in total. The van der Waals surface area contributed by atoms with Crippen LogP contribution < -0.4 is 5.32 Å². The highest BCUT2D eigenvalue weighted by Gasteiger charge is 2.43. The maximum atomic E-state index is 12.4. The average molecular weight is 298 g/mol. The highest BCUT2D eigenvalue weighted by Crippen LogP contribution is 2.34. The van der Waals surface area contributed by atoms with Crippen LogP contribution in [0.2, 0.25) is 0 Å². The average Bonchev–Trinajstić information content (AvgIpc) is 2.48. The van der Waals surface area contributed by atoms with Gasteiger partial charge in [-0.15, -0.1) is 0 Å². The van der Waals surface area contributed by atoms with Crippen LogP contribution in [0.4, 0.5) is 4.79 Å². The number of nitrogens with zero attached hydrogens (tertiary/aromatic N) is 1. The van der Waals surface area contributed by atoms with Crippen LogP contribution in [-0.2, 0) is 4.79 Å². The number of carboxylic acids is 1. The fourth-order valence-electron chi connectivity index (χ4n) is 3.27. The third kappa shape index (κ3) is 4.11. The van der Waals surface area contributed by atoms with Gasteiger partial charge < -0.3 is 15.3 Å². The van der Waals surface area contributed by atoms with Gasteiger partial charge in [-0.3, -0.25) is 0 Å². The molecule has 0 bridgehead atoms. The van der Waals surface area contributed by atoms with Gasteiger partial charge in [0.15, 0.2) is 0 Å². The first-order chi connectivity index (χ1) is 9.90. The molecular formula is C16H30N2O3. The molecule has 2 amide bonds. The third-order valence-electron chi connectivity index (χ3n) is 5.10. The van der Waals surface area contributed by atoms with Crippen molar-refractivity contribution in [1.82, 2.24) is 10.2 Å². The molecule has 1 aliphatic carbocycles. The molecule has 5 heteroatoms. The Bertz CT molecular complexity index is 359. The number of urea groups is 1. The van der Waals surface area contributed by atoms with Gasteiger partial charge in [-0.2, -0.15) is 0 Å². The fraction of sp³-hybridized carbons (Fsp3) is 0.875. The van der Waals surface area contributed by atoms with E-state index in [1.165, 1.54) is 0 Å². The Kier molecular flexibility index (Phi) is 6.49. The predicted molar refractivity (Wildman–Crippen MR) is 83.3 cm³/mol. The predicted octanol–water partition coefficient (Wildman–Crippen LogP) is 3.24. The van der Waals surface area contributed by atoms with Crippen molar-refractivity contribution in [3.63, 3.8) is 0 Å². The summed E-state index contributed by atoms with van der Waals surface area (Å²) >= 11 is 0. The molecular weight excluding hydrogens is 268 g/mol. The number of nitrogens with one attached hydrogen (secondary N) is 1. The van der Waals surface area contributed by atoms with E-state index in [0.717, 1.165) is 32.1 Å². The van der Waals surface area contributed by atoms with Gasteiger partial charge in [0.2, 0.25) is 0 Å². The highest BCUT2D eigenvalue weighted by atomic mass is 16.4. The summed E-state index contributed by atoms with van der Waals surface area (Å²) in [5, 5.41) is 12.4. The molecule has 0 spiro atoms. The van der Waals surface area contributed by atoms with Crippen molar-refractivity contribution >= 4 is 12.0 Å². The number of carbonyl (C=O) groups excluding carboxylic acids is 1. The minimum Gasteiger partial charge on any atom is -0.480 e. The van der Waals surface area contributed by atoms with Crippen LogP contribution in [0.1, 0.15) is 65.7 Å². The van der Waals surface area contributed by atoms with E-state index in [9.17, 15) is 14.7 Å². The van der Waals surface area contributed by atoms with Crippen molar-refractivity contribution in [3.05, 3.63) is 0 Å². The number of hydrogen-bond donors (Lipinski definition) is 2.